The minimum Gasteiger partial charge on any atom is -0.473 e. The SMILES string of the molecule is CCc1nc(O[C@H]2C(C)(C)[C@H](NC(=O)c3ccc(N4CCC(CN5CCN(c6ccc7c(c6)C(=O)N(C6CCC(=O)NC6=O)C7=O)CC5)CC4)cc3)C2(C)C)ccc1C#N. The van der Waals surface area contributed by atoms with E-state index in [0.29, 0.717) is 46.2 Å². The third-order valence-electron chi connectivity index (χ3n) is 13.5. The Balaban J connectivity index is 0.790. The molecule has 0 bridgehead atoms. The topological polar surface area (TPSA) is 168 Å². The number of piperidine rings is 2. The molecule has 0 radical (unpaired) electrons. The number of benzene rings is 2. The number of carbonyl (C=O) groups is 5. The van der Waals surface area contributed by atoms with Crippen molar-refractivity contribution in [3.05, 3.63) is 82.5 Å². The summed E-state index contributed by atoms with van der Waals surface area (Å²) in [6, 6.07) is 17.9. The number of hydrogen-bond donors (Lipinski definition) is 2. The van der Waals surface area contributed by atoms with Crippen molar-refractivity contribution in [1.82, 2.24) is 25.4 Å². The molecule has 314 valence electrons. The fourth-order valence-electron chi connectivity index (χ4n) is 10.5. The molecule has 1 aromatic heterocycles. The lowest BCUT2D eigenvalue weighted by atomic mass is 9.49. The maximum atomic E-state index is 13.6. The summed E-state index contributed by atoms with van der Waals surface area (Å²) in [7, 11) is 0. The Labute approximate surface area is 351 Å². The molecule has 5 heterocycles. The van der Waals surface area contributed by atoms with E-state index in [-0.39, 0.29) is 41.7 Å². The van der Waals surface area contributed by atoms with Crippen molar-refractivity contribution in [3.8, 4) is 11.9 Å². The van der Waals surface area contributed by atoms with Gasteiger partial charge in [0.1, 0.15) is 18.2 Å². The number of ether oxygens (including phenoxy) is 1. The molecular formula is C46H54N8O6. The van der Waals surface area contributed by atoms with E-state index in [4.69, 9.17) is 4.74 Å². The van der Waals surface area contributed by atoms with Gasteiger partial charge < -0.3 is 19.9 Å². The molecule has 5 amide bonds. The first-order chi connectivity index (χ1) is 28.7. The third kappa shape index (κ3) is 7.48. The first-order valence-corrected chi connectivity index (χ1v) is 21.2. The van der Waals surface area contributed by atoms with Crippen LogP contribution in [0, 0.1) is 28.1 Å². The third-order valence-corrected chi connectivity index (χ3v) is 13.5. The second kappa shape index (κ2) is 16.0. The zero-order valence-electron chi connectivity index (χ0n) is 35.1. The largest absolute Gasteiger partial charge is 0.473 e. The van der Waals surface area contributed by atoms with Crippen molar-refractivity contribution in [1.29, 1.82) is 5.26 Å². The summed E-state index contributed by atoms with van der Waals surface area (Å²) in [5.74, 6) is -0.996. The molecule has 1 atom stereocenters. The lowest BCUT2D eigenvalue weighted by Gasteiger charge is -2.62. The molecule has 14 nitrogen and oxygen atoms in total. The van der Waals surface area contributed by atoms with Crippen molar-refractivity contribution in [2.24, 2.45) is 16.7 Å². The van der Waals surface area contributed by atoms with Crippen molar-refractivity contribution in [2.45, 2.75) is 84.9 Å². The lowest BCUT2D eigenvalue weighted by molar-refractivity contribution is -0.165. The van der Waals surface area contributed by atoms with Crippen LogP contribution in [0.3, 0.4) is 0 Å². The molecule has 1 saturated carbocycles. The predicted molar refractivity (Wildman–Crippen MR) is 225 cm³/mol. The number of anilines is 2. The zero-order valence-corrected chi connectivity index (χ0v) is 35.1. The average Bonchev–Trinajstić information content (AvgIpc) is 3.49. The van der Waals surface area contributed by atoms with Gasteiger partial charge in [-0.25, -0.2) is 4.98 Å². The van der Waals surface area contributed by atoms with Crippen LogP contribution in [0.4, 0.5) is 11.4 Å². The minimum atomic E-state index is -0.974. The number of imide groups is 2. The number of rotatable bonds is 10. The maximum Gasteiger partial charge on any atom is 0.262 e. The van der Waals surface area contributed by atoms with Gasteiger partial charge in [0, 0.05) is 92.1 Å². The van der Waals surface area contributed by atoms with Crippen LogP contribution < -0.4 is 25.2 Å². The number of nitrogens with one attached hydrogen (secondary N) is 2. The van der Waals surface area contributed by atoms with E-state index in [9.17, 15) is 29.2 Å². The van der Waals surface area contributed by atoms with Gasteiger partial charge in [-0.05, 0) is 80.1 Å². The highest BCUT2D eigenvalue weighted by molar-refractivity contribution is 6.23. The molecule has 60 heavy (non-hydrogen) atoms. The van der Waals surface area contributed by atoms with E-state index >= 15 is 0 Å². The van der Waals surface area contributed by atoms with Gasteiger partial charge in [-0.1, -0.05) is 34.6 Å². The molecule has 4 aliphatic heterocycles. The van der Waals surface area contributed by atoms with E-state index < -0.39 is 29.7 Å². The number of aromatic nitrogens is 1. The molecule has 0 spiro atoms. The Hall–Kier alpha value is -5.81. The van der Waals surface area contributed by atoms with Crippen molar-refractivity contribution in [2.75, 3.05) is 55.6 Å². The molecular weight excluding hydrogens is 761 g/mol. The fraction of sp³-hybridized carbons (Fsp3) is 0.500. The van der Waals surface area contributed by atoms with Crippen LogP contribution in [0.25, 0.3) is 0 Å². The number of carbonyl (C=O) groups excluding carboxylic acids is 5. The number of hydrogen-bond acceptors (Lipinski definition) is 11. The molecule has 8 rings (SSSR count). The van der Waals surface area contributed by atoms with E-state index in [1.165, 1.54) is 0 Å². The number of nitriles is 1. The number of amides is 5. The zero-order chi connectivity index (χ0) is 42.5. The molecule has 2 aromatic carbocycles. The van der Waals surface area contributed by atoms with E-state index in [1.54, 1.807) is 24.3 Å². The number of piperazine rings is 1. The van der Waals surface area contributed by atoms with Crippen LogP contribution in [-0.4, -0.2) is 108 Å². The summed E-state index contributed by atoms with van der Waals surface area (Å²) in [4.78, 5) is 76.9. The molecule has 1 aliphatic carbocycles. The summed E-state index contributed by atoms with van der Waals surface area (Å²) >= 11 is 0. The Morgan fingerprint density at radius 1 is 0.850 bits per heavy atom. The maximum absolute atomic E-state index is 13.6. The van der Waals surface area contributed by atoms with Gasteiger partial charge >= 0.3 is 0 Å². The quantitative estimate of drug-likeness (QED) is 0.275. The Morgan fingerprint density at radius 2 is 1.50 bits per heavy atom. The van der Waals surface area contributed by atoms with Gasteiger partial charge in [-0.2, -0.15) is 5.26 Å². The molecule has 1 unspecified atom stereocenters. The van der Waals surface area contributed by atoms with Gasteiger partial charge in [0.15, 0.2) is 0 Å². The minimum absolute atomic E-state index is 0.0912. The summed E-state index contributed by atoms with van der Waals surface area (Å²) in [6.45, 7) is 16.7. The van der Waals surface area contributed by atoms with Crippen LogP contribution in [0.5, 0.6) is 5.88 Å². The first kappa shape index (κ1) is 40.9. The normalized spacial score (nSPS) is 24.1. The van der Waals surface area contributed by atoms with E-state index in [2.05, 4.69) is 64.1 Å². The smallest absolute Gasteiger partial charge is 0.262 e. The summed E-state index contributed by atoms with van der Waals surface area (Å²) in [5.41, 5.74) is 3.80. The highest BCUT2D eigenvalue weighted by Gasteiger charge is 2.64. The van der Waals surface area contributed by atoms with Crippen molar-refractivity contribution >= 4 is 40.9 Å². The standard InChI is InChI=1S/C46H54N8O6/c1-6-35-30(26-47)9-16-38(48-35)60-44-45(2,3)43(46(44,4)5)50-39(56)29-7-10-31(11-8-29)52-19-17-28(18-20-52)27-51-21-23-53(24-22-51)32-12-13-33-34(25-32)42(59)54(41(33)58)36-14-15-37(55)49-40(36)57/h7-13,16,25,28,36,43-44H,6,14-15,17-24,27H2,1-5H3,(H,50,56)(H,49,55,57)/t36?,43-,44-. The number of aryl methyl sites for hydroxylation is 1. The number of nitrogens with zero attached hydrogens (tertiary/aromatic N) is 6. The first-order valence-electron chi connectivity index (χ1n) is 21.2. The molecule has 2 N–H and O–H groups in total. The number of fused-ring (bicyclic) bond motifs is 1. The second-order valence-electron chi connectivity index (χ2n) is 18.1. The Bertz CT molecular complexity index is 2230. The molecule has 14 heteroatoms. The molecule has 4 fully saturated rings. The summed E-state index contributed by atoms with van der Waals surface area (Å²) in [5, 5.41) is 14.9. The summed E-state index contributed by atoms with van der Waals surface area (Å²) < 4.78 is 6.42. The van der Waals surface area contributed by atoms with Gasteiger partial charge in [0.2, 0.25) is 17.7 Å². The van der Waals surface area contributed by atoms with Gasteiger partial charge in [0.25, 0.3) is 17.7 Å². The van der Waals surface area contributed by atoms with Crippen LogP contribution in [0.2, 0.25) is 0 Å². The Morgan fingerprint density at radius 3 is 2.15 bits per heavy atom. The predicted octanol–water partition coefficient (Wildman–Crippen LogP) is 4.57. The lowest BCUT2D eigenvalue weighted by Crippen LogP contribution is -2.74. The van der Waals surface area contributed by atoms with Gasteiger partial charge in [-0.3, -0.25) is 39.1 Å². The van der Waals surface area contributed by atoms with Crippen LogP contribution in [0.15, 0.2) is 54.6 Å². The van der Waals surface area contributed by atoms with Gasteiger partial charge in [-0.15, -0.1) is 0 Å². The molecule has 3 aromatic rings. The Kier molecular flexibility index (Phi) is 10.9. The fourth-order valence-corrected chi connectivity index (χ4v) is 10.5. The van der Waals surface area contributed by atoms with E-state index in [1.807, 2.05) is 37.3 Å². The highest BCUT2D eigenvalue weighted by atomic mass is 16.5. The van der Waals surface area contributed by atoms with Crippen LogP contribution in [0.1, 0.15) is 103 Å². The van der Waals surface area contributed by atoms with Crippen molar-refractivity contribution < 1.29 is 28.7 Å². The van der Waals surface area contributed by atoms with Crippen LogP contribution >= 0.6 is 0 Å². The summed E-state index contributed by atoms with van der Waals surface area (Å²) in [6.07, 6.45) is 2.85. The van der Waals surface area contributed by atoms with Gasteiger partial charge in [0.05, 0.1) is 22.4 Å². The average molecular weight is 815 g/mol. The molecule has 3 saturated heterocycles. The number of pyridine rings is 1. The highest BCUT2D eigenvalue weighted by Crippen LogP contribution is 2.55. The monoisotopic (exact) mass is 814 g/mol. The van der Waals surface area contributed by atoms with E-state index in [0.717, 1.165) is 74.9 Å². The van der Waals surface area contributed by atoms with Crippen molar-refractivity contribution in [3.63, 3.8) is 0 Å². The van der Waals surface area contributed by atoms with Crippen LogP contribution in [-0.2, 0) is 16.0 Å². The molecule has 5 aliphatic rings. The second-order valence-corrected chi connectivity index (χ2v) is 18.1.